The second-order valence-corrected chi connectivity index (χ2v) is 4.30. The molecule has 0 atom stereocenters. The molecule has 1 heterocycles. The summed E-state index contributed by atoms with van der Waals surface area (Å²) in [4.78, 5) is 4.44. The lowest BCUT2D eigenvalue weighted by atomic mass is 10.1. The van der Waals surface area contributed by atoms with Crippen molar-refractivity contribution in [3.63, 3.8) is 0 Å². The van der Waals surface area contributed by atoms with Crippen molar-refractivity contribution in [1.82, 2.24) is 9.55 Å². The van der Waals surface area contributed by atoms with Crippen LogP contribution in [0.25, 0.3) is 11.3 Å². The van der Waals surface area contributed by atoms with Gasteiger partial charge in [-0.25, -0.2) is 9.37 Å². The standard InChI is InChI=1S/C14H18FN3O/c1-4-19-13-6-5-10(7-11(13)15)14-12(8-16)18(3)9(2)17-14/h5-7H,4,8,16H2,1-3H3. The van der Waals surface area contributed by atoms with E-state index >= 15 is 0 Å². The number of hydrogen-bond acceptors (Lipinski definition) is 3. The van der Waals surface area contributed by atoms with Gasteiger partial charge in [-0.15, -0.1) is 0 Å². The van der Waals surface area contributed by atoms with Crippen LogP contribution in [-0.2, 0) is 13.6 Å². The van der Waals surface area contributed by atoms with Crippen molar-refractivity contribution in [3.8, 4) is 17.0 Å². The van der Waals surface area contributed by atoms with Crippen LogP contribution in [0.4, 0.5) is 4.39 Å². The minimum absolute atomic E-state index is 0.258. The number of halogens is 1. The van der Waals surface area contributed by atoms with Crippen molar-refractivity contribution in [2.75, 3.05) is 6.61 Å². The summed E-state index contributed by atoms with van der Waals surface area (Å²) >= 11 is 0. The molecule has 0 aliphatic rings. The van der Waals surface area contributed by atoms with Crippen molar-refractivity contribution in [2.45, 2.75) is 20.4 Å². The highest BCUT2D eigenvalue weighted by atomic mass is 19.1. The van der Waals surface area contributed by atoms with E-state index in [-0.39, 0.29) is 11.6 Å². The zero-order valence-corrected chi connectivity index (χ0v) is 11.4. The highest BCUT2D eigenvalue weighted by molar-refractivity contribution is 5.63. The molecule has 2 rings (SSSR count). The fraction of sp³-hybridized carbons (Fsp3) is 0.357. The average molecular weight is 263 g/mol. The summed E-state index contributed by atoms with van der Waals surface area (Å²) in [6.45, 7) is 4.52. The number of rotatable bonds is 4. The fourth-order valence-corrected chi connectivity index (χ4v) is 2.04. The number of nitrogens with zero attached hydrogens (tertiary/aromatic N) is 2. The maximum absolute atomic E-state index is 13.9. The van der Waals surface area contributed by atoms with Gasteiger partial charge in [0.25, 0.3) is 0 Å². The van der Waals surface area contributed by atoms with E-state index in [1.807, 2.05) is 25.5 Å². The molecule has 0 unspecified atom stereocenters. The number of ether oxygens (including phenoxy) is 1. The van der Waals surface area contributed by atoms with Gasteiger partial charge in [0.05, 0.1) is 18.0 Å². The summed E-state index contributed by atoms with van der Waals surface area (Å²) in [5.74, 6) is 0.726. The van der Waals surface area contributed by atoms with Gasteiger partial charge in [0.2, 0.25) is 0 Å². The molecule has 2 aromatic rings. The molecule has 102 valence electrons. The number of imidazole rings is 1. The Morgan fingerprint density at radius 1 is 1.42 bits per heavy atom. The van der Waals surface area contributed by atoms with Crippen LogP contribution in [0.1, 0.15) is 18.4 Å². The Balaban J connectivity index is 2.48. The monoisotopic (exact) mass is 263 g/mol. The lowest BCUT2D eigenvalue weighted by Crippen LogP contribution is -2.05. The number of aromatic nitrogens is 2. The van der Waals surface area contributed by atoms with Gasteiger partial charge in [0, 0.05) is 19.2 Å². The molecule has 1 aromatic carbocycles. The van der Waals surface area contributed by atoms with Gasteiger partial charge in [-0.3, -0.25) is 0 Å². The van der Waals surface area contributed by atoms with E-state index in [1.54, 1.807) is 12.1 Å². The van der Waals surface area contributed by atoms with Crippen molar-refractivity contribution in [2.24, 2.45) is 12.8 Å². The normalized spacial score (nSPS) is 10.8. The van der Waals surface area contributed by atoms with E-state index in [4.69, 9.17) is 10.5 Å². The fourth-order valence-electron chi connectivity index (χ4n) is 2.04. The maximum Gasteiger partial charge on any atom is 0.165 e. The Morgan fingerprint density at radius 2 is 2.16 bits per heavy atom. The van der Waals surface area contributed by atoms with E-state index < -0.39 is 0 Å². The van der Waals surface area contributed by atoms with Gasteiger partial charge in [0.15, 0.2) is 11.6 Å². The Morgan fingerprint density at radius 3 is 2.74 bits per heavy atom. The minimum Gasteiger partial charge on any atom is -0.491 e. The van der Waals surface area contributed by atoms with Gasteiger partial charge in [-0.1, -0.05) is 0 Å². The van der Waals surface area contributed by atoms with Gasteiger partial charge in [0.1, 0.15) is 5.82 Å². The third-order valence-corrected chi connectivity index (χ3v) is 3.14. The van der Waals surface area contributed by atoms with Crippen LogP contribution in [-0.4, -0.2) is 16.2 Å². The molecule has 0 amide bonds. The summed E-state index contributed by atoms with van der Waals surface area (Å²) in [6.07, 6.45) is 0. The lowest BCUT2D eigenvalue weighted by Gasteiger charge is -2.07. The van der Waals surface area contributed by atoms with Crippen LogP contribution in [0.3, 0.4) is 0 Å². The zero-order valence-electron chi connectivity index (χ0n) is 11.4. The van der Waals surface area contributed by atoms with Crippen LogP contribution >= 0.6 is 0 Å². The van der Waals surface area contributed by atoms with Gasteiger partial charge < -0.3 is 15.0 Å². The molecule has 0 aliphatic heterocycles. The van der Waals surface area contributed by atoms with Crippen LogP contribution in [0.5, 0.6) is 5.75 Å². The number of aryl methyl sites for hydroxylation is 1. The number of nitrogens with two attached hydrogens (primary N) is 1. The Kier molecular flexibility index (Phi) is 3.85. The quantitative estimate of drug-likeness (QED) is 0.921. The van der Waals surface area contributed by atoms with Crippen LogP contribution < -0.4 is 10.5 Å². The first-order chi connectivity index (χ1) is 9.08. The summed E-state index contributed by atoms with van der Waals surface area (Å²) in [5, 5.41) is 0. The van der Waals surface area contributed by atoms with E-state index in [0.29, 0.717) is 18.7 Å². The van der Waals surface area contributed by atoms with Crippen molar-refractivity contribution < 1.29 is 9.13 Å². The van der Waals surface area contributed by atoms with E-state index in [0.717, 1.165) is 17.2 Å². The van der Waals surface area contributed by atoms with Gasteiger partial charge in [-0.05, 0) is 32.0 Å². The first-order valence-electron chi connectivity index (χ1n) is 6.23. The van der Waals surface area contributed by atoms with Crippen LogP contribution in [0.2, 0.25) is 0 Å². The molecule has 0 bridgehead atoms. The van der Waals surface area contributed by atoms with Crippen molar-refractivity contribution >= 4 is 0 Å². The highest BCUT2D eigenvalue weighted by Gasteiger charge is 2.14. The average Bonchev–Trinajstić information content (AvgIpc) is 2.68. The molecule has 1 aromatic heterocycles. The van der Waals surface area contributed by atoms with Gasteiger partial charge in [-0.2, -0.15) is 0 Å². The van der Waals surface area contributed by atoms with E-state index in [9.17, 15) is 4.39 Å². The zero-order chi connectivity index (χ0) is 14.0. The molecular formula is C14H18FN3O. The smallest absolute Gasteiger partial charge is 0.165 e. The van der Waals surface area contributed by atoms with Crippen molar-refractivity contribution in [3.05, 3.63) is 35.5 Å². The third-order valence-electron chi connectivity index (χ3n) is 3.14. The van der Waals surface area contributed by atoms with Gasteiger partial charge >= 0.3 is 0 Å². The second kappa shape index (κ2) is 5.40. The summed E-state index contributed by atoms with van der Waals surface area (Å²) in [5.41, 5.74) is 8.07. The molecule has 0 fully saturated rings. The highest BCUT2D eigenvalue weighted by Crippen LogP contribution is 2.27. The molecule has 5 heteroatoms. The largest absolute Gasteiger partial charge is 0.491 e. The number of benzene rings is 1. The summed E-state index contributed by atoms with van der Waals surface area (Å²) in [7, 11) is 1.90. The van der Waals surface area contributed by atoms with E-state index in [2.05, 4.69) is 4.98 Å². The second-order valence-electron chi connectivity index (χ2n) is 4.30. The summed E-state index contributed by atoms with van der Waals surface area (Å²) in [6, 6.07) is 4.86. The molecule has 0 saturated heterocycles. The minimum atomic E-state index is -0.384. The number of hydrogen-bond donors (Lipinski definition) is 1. The van der Waals surface area contributed by atoms with Crippen LogP contribution in [0.15, 0.2) is 18.2 Å². The van der Waals surface area contributed by atoms with Crippen molar-refractivity contribution in [1.29, 1.82) is 0 Å². The first kappa shape index (κ1) is 13.5. The molecule has 2 N–H and O–H groups in total. The molecule has 0 radical (unpaired) electrons. The molecule has 4 nitrogen and oxygen atoms in total. The predicted molar refractivity (Wildman–Crippen MR) is 72.4 cm³/mol. The Bertz CT molecular complexity index is 593. The molecule has 0 spiro atoms. The Hall–Kier alpha value is -1.88. The summed E-state index contributed by atoms with van der Waals surface area (Å²) < 4.78 is 21.0. The molecule has 0 saturated carbocycles. The molecule has 0 aliphatic carbocycles. The topological polar surface area (TPSA) is 53.1 Å². The predicted octanol–water partition coefficient (Wildman–Crippen LogP) is 2.39. The maximum atomic E-state index is 13.9. The van der Waals surface area contributed by atoms with Crippen LogP contribution in [0, 0.1) is 12.7 Å². The Labute approximate surface area is 112 Å². The third kappa shape index (κ3) is 2.46. The molecule has 19 heavy (non-hydrogen) atoms. The lowest BCUT2D eigenvalue weighted by molar-refractivity contribution is 0.321. The molecular weight excluding hydrogens is 245 g/mol. The first-order valence-corrected chi connectivity index (χ1v) is 6.23. The van der Waals surface area contributed by atoms with E-state index in [1.165, 1.54) is 6.07 Å². The SMILES string of the molecule is CCOc1ccc(-c2nc(C)n(C)c2CN)cc1F.